The molecule has 18 heavy (non-hydrogen) atoms. The van der Waals surface area contributed by atoms with Crippen molar-refractivity contribution in [2.45, 2.75) is 32.3 Å². The Kier molecular flexibility index (Phi) is 5.16. The zero-order chi connectivity index (χ0) is 13.6. The van der Waals surface area contributed by atoms with Crippen LogP contribution in [-0.4, -0.2) is 30.3 Å². The van der Waals surface area contributed by atoms with Crippen molar-refractivity contribution >= 4 is 11.7 Å². The van der Waals surface area contributed by atoms with Gasteiger partial charge >= 0.3 is 5.97 Å². The topological polar surface area (TPSA) is 58.6 Å². The number of hydrogen-bond acceptors (Lipinski definition) is 4. The number of esters is 1. The lowest BCUT2D eigenvalue weighted by Gasteiger charge is -2.21. The molecule has 100 valence electrons. The van der Waals surface area contributed by atoms with Gasteiger partial charge in [-0.05, 0) is 31.0 Å². The molecule has 1 unspecified atom stereocenters. The third-order valence-corrected chi connectivity index (χ3v) is 2.75. The lowest BCUT2D eigenvalue weighted by Crippen LogP contribution is -2.42. The summed E-state index contributed by atoms with van der Waals surface area (Å²) in [6.07, 6.45) is 2.17. The fourth-order valence-electron chi connectivity index (χ4n) is 1.64. The van der Waals surface area contributed by atoms with Gasteiger partial charge in [0.05, 0.1) is 13.7 Å². The van der Waals surface area contributed by atoms with Gasteiger partial charge in [-0.2, -0.15) is 0 Å². The van der Waals surface area contributed by atoms with E-state index in [-0.39, 0.29) is 6.54 Å². The van der Waals surface area contributed by atoms with Gasteiger partial charge in [-0.3, -0.25) is 0 Å². The molecule has 0 saturated carbocycles. The zero-order valence-electron chi connectivity index (χ0n) is 11.2. The number of hydrogen-bond donors (Lipinski definition) is 2. The summed E-state index contributed by atoms with van der Waals surface area (Å²) in [5, 5.41) is 12.9. The molecular weight excluding hydrogens is 230 g/mol. The van der Waals surface area contributed by atoms with Gasteiger partial charge in [-0.15, -0.1) is 0 Å². The normalized spacial score (nSPS) is 13.8. The first kappa shape index (κ1) is 14.5. The smallest absolute Gasteiger partial charge is 0.339 e. The van der Waals surface area contributed by atoms with Crippen LogP contribution in [0.3, 0.4) is 0 Å². The van der Waals surface area contributed by atoms with Crippen LogP contribution in [0, 0.1) is 0 Å². The molecule has 4 heteroatoms. The van der Waals surface area contributed by atoms with Gasteiger partial charge in [0.2, 0.25) is 0 Å². The minimum Gasteiger partial charge on any atom is -0.467 e. The van der Waals surface area contributed by atoms with E-state index in [4.69, 9.17) is 0 Å². The predicted octanol–water partition coefficient (Wildman–Crippen LogP) is 1.97. The van der Waals surface area contributed by atoms with Gasteiger partial charge in [-0.25, -0.2) is 4.79 Å². The molecule has 0 aliphatic carbocycles. The van der Waals surface area contributed by atoms with E-state index in [1.165, 1.54) is 19.6 Å². The molecule has 0 fully saturated rings. The molecule has 0 saturated heterocycles. The second-order valence-corrected chi connectivity index (χ2v) is 4.57. The second kappa shape index (κ2) is 6.40. The molecule has 4 nitrogen and oxygen atoms in total. The highest BCUT2D eigenvalue weighted by Crippen LogP contribution is 2.13. The number of aryl methyl sites for hydroxylation is 1. The molecule has 1 rings (SSSR count). The maximum absolute atomic E-state index is 11.3. The van der Waals surface area contributed by atoms with Crippen LogP contribution in [0.15, 0.2) is 24.3 Å². The maximum Gasteiger partial charge on any atom is 0.339 e. The molecule has 0 aromatic heterocycles. The summed E-state index contributed by atoms with van der Waals surface area (Å²) in [5.41, 5.74) is 0.637. The Bertz CT molecular complexity index is 385. The van der Waals surface area contributed by atoms with Crippen LogP contribution in [0.5, 0.6) is 0 Å². The number of methoxy groups -OCH3 is 1. The highest BCUT2D eigenvalue weighted by atomic mass is 16.5. The number of aliphatic hydroxyl groups is 1. The highest BCUT2D eigenvalue weighted by molar-refractivity contribution is 5.79. The molecule has 0 aliphatic rings. The quantitative estimate of drug-likeness (QED) is 0.759. The average molecular weight is 251 g/mol. The SMILES string of the molecule is CCCc1ccc(NCC(C)(O)C(=O)OC)cc1. The first-order chi connectivity index (χ1) is 8.49. The Hall–Kier alpha value is -1.55. The van der Waals surface area contributed by atoms with Crippen LogP contribution in [0.25, 0.3) is 0 Å². The van der Waals surface area contributed by atoms with Crippen LogP contribution < -0.4 is 5.32 Å². The predicted molar refractivity (Wildman–Crippen MR) is 71.6 cm³/mol. The lowest BCUT2D eigenvalue weighted by atomic mass is 10.1. The van der Waals surface area contributed by atoms with Gasteiger partial charge < -0.3 is 15.2 Å². The molecule has 1 aromatic carbocycles. The fraction of sp³-hybridized carbons (Fsp3) is 0.500. The fourth-order valence-corrected chi connectivity index (χ4v) is 1.64. The summed E-state index contributed by atoms with van der Waals surface area (Å²) < 4.78 is 4.53. The number of carbonyl (C=O) groups is 1. The van der Waals surface area contributed by atoms with E-state index in [9.17, 15) is 9.90 Å². The Morgan fingerprint density at radius 2 is 2.00 bits per heavy atom. The minimum absolute atomic E-state index is 0.118. The van der Waals surface area contributed by atoms with Crippen LogP contribution in [0.2, 0.25) is 0 Å². The summed E-state index contributed by atoms with van der Waals surface area (Å²) in [6, 6.07) is 7.97. The summed E-state index contributed by atoms with van der Waals surface area (Å²) in [4.78, 5) is 11.3. The molecular formula is C14H21NO3. The van der Waals surface area contributed by atoms with Crippen LogP contribution in [0.4, 0.5) is 5.69 Å². The Balaban J connectivity index is 2.55. The van der Waals surface area contributed by atoms with Crippen molar-refractivity contribution in [1.82, 2.24) is 0 Å². The maximum atomic E-state index is 11.3. The van der Waals surface area contributed by atoms with Crippen molar-refractivity contribution in [3.63, 3.8) is 0 Å². The van der Waals surface area contributed by atoms with Gasteiger partial charge in [0.1, 0.15) is 0 Å². The molecule has 0 spiro atoms. The Labute approximate surface area is 108 Å². The van der Waals surface area contributed by atoms with Crippen LogP contribution >= 0.6 is 0 Å². The lowest BCUT2D eigenvalue weighted by molar-refractivity contribution is -0.158. The number of nitrogens with one attached hydrogen (secondary N) is 1. The van der Waals surface area contributed by atoms with E-state index >= 15 is 0 Å². The van der Waals surface area contributed by atoms with Gasteiger partial charge in [0.15, 0.2) is 5.60 Å². The number of ether oxygens (including phenoxy) is 1. The van der Waals surface area contributed by atoms with E-state index in [0.29, 0.717) is 0 Å². The molecule has 0 radical (unpaired) electrons. The first-order valence-electron chi connectivity index (χ1n) is 6.13. The van der Waals surface area contributed by atoms with E-state index in [2.05, 4.69) is 17.0 Å². The summed E-state index contributed by atoms with van der Waals surface area (Å²) in [5.74, 6) is -0.641. The molecule has 1 aromatic rings. The third kappa shape index (κ3) is 4.04. The highest BCUT2D eigenvalue weighted by Gasteiger charge is 2.30. The number of rotatable bonds is 6. The van der Waals surface area contributed by atoms with Crippen molar-refractivity contribution in [2.24, 2.45) is 0 Å². The van der Waals surface area contributed by atoms with Crippen molar-refractivity contribution in [3.05, 3.63) is 29.8 Å². The average Bonchev–Trinajstić information content (AvgIpc) is 2.37. The monoisotopic (exact) mass is 251 g/mol. The summed E-state index contributed by atoms with van der Waals surface area (Å²) in [7, 11) is 1.26. The van der Waals surface area contributed by atoms with Crippen molar-refractivity contribution < 1.29 is 14.6 Å². The van der Waals surface area contributed by atoms with E-state index < -0.39 is 11.6 Å². The number of carbonyl (C=O) groups excluding carboxylic acids is 1. The van der Waals surface area contributed by atoms with Gasteiger partial charge in [-0.1, -0.05) is 25.5 Å². The number of anilines is 1. The molecule has 0 aliphatic heterocycles. The van der Waals surface area contributed by atoms with Crippen LogP contribution in [-0.2, 0) is 16.0 Å². The largest absolute Gasteiger partial charge is 0.467 e. The van der Waals surface area contributed by atoms with Gasteiger partial charge in [0, 0.05) is 5.69 Å². The second-order valence-electron chi connectivity index (χ2n) is 4.57. The van der Waals surface area contributed by atoms with Crippen molar-refractivity contribution in [3.8, 4) is 0 Å². The molecule has 2 N–H and O–H groups in total. The van der Waals surface area contributed by atoms with Crippen LogP contribution in [0.1, 0.15) is 25.8 Å². The standard InChI is InChI=1S/C14H21NO3/c1-4-5-11-6-8-12(9-7-11)15-10-14(2,17)13(16)18-3/h6-9,15,17H,4-5,10H2,1-3H3. The Morgan fingerprint density at radius 3 is 2.50 bits per heavy atom. The Morgan fingerprint density at radius 1 is 1.39 bits per heavy atom. The van der Waals surface area contributed by atoms with Crippen molar-refractivity contribution in [1.29, 1.82) is 0 Å². The zero-order valence-corrected chi connectivity index (χ0v) is 11.2. The number of benzene rings is 1. The first-order valence-corrected chi connectivity index (χ1v) is 6.13. The molecule has 0 amide bonds. The van der Waals surface area contributed by atoms with E-state index in [1.807, 2.05) is 24.3 Å². The summed E-state index contributed by atoms with van der Waals surface area (Å²) >= 11 is 0. The van der Waals surface area contributed by atoms with E-state index in [0.717, 1.165) is 18.5 Å². The van der Waals surface area contributed by atoms with Gasteiger partial charge in [0.25, 0.3) is 0 Å². The minimum atomic E-state index is -1.52. The van der Waals surface area contributed by atoms with E-state index in [1.54, 1.807) is 0 Å². The van der Waals surface area contributed by atoms with Crippen molar-refractivity contribution in [2.75, 3.05) is 19.0 Å². The molecule has 1 atom stereocenters. The third-order valence-electron chi connectivity index (χ3n) is 2.75. The molecule has 0 bridgehead atoms. The summed E-state index contributed by atoms with van der Waals surface area (Å²) in [6.45, 7) is 3.68. The molecule has 0 heterocycles.